The number of hydrogen-bond donors (Lipinski definition) is 1. The Hall–Kier alpha value is -1.42. The van der Waals surface area contributed by atoms with E-state index in [2.05, 4.69) is 28.0 Å². The molecule has 1 aromatic rings. The molecule has 4 nitrogen and oxygen atoms in total. The Bertz CT molecular complexity index is 464. The van der Waals surface area contributed by atoms with Crippen LogP contribution in [-0.4, -0.2) is 35.9 Å². The number of nitrogens with zero attached hydrogens (tertiary/aromatic N) is 3. The lowest BCUT2D eigenvalue weighted by molar-refractivity contribution is 0.181. The van der Waals surface area contributed by atoms with Crippen LogP contribution >= 0.6 is 0 Å². The highest BCUT2D eigenvalue weighted by Gasteiger charge is 2.48. The molecule has 0 radical (unpaired) electrons. The largest absolute Gasteiger partial charge is 0.390 e. The van der Waals surface area contributed by atoms with Gasteiger partial charge in [0.05, 0.1) is 6.34 Å². The van der Waals surface area contributed by atoms with Gasteiger partial charge in [0.1, 0.15) is 0 Å². The standard InChI is InChI=1S/C15H22N4/c1-19-9-8-15(7-3-2-4-13(15)19)12-5-6-14(17-10-12)18-11-16/h5-6,10-11,13H,2-4,7-9H2,1H3,(H2,16,17,18)/t13-,15-/m1/s1. The van der Waals surface area contributed by atoms with E-state index in [0.29, 0.717) is 17.3 Å². The third-order valence-corrected chi connectivity index (χ3v) is 4.96. The van der Waals surface area contributed by atoms with Gasteiger partial charge in [-0.1, -0.05) is 18.9 Å². The van der Waals surface area contributed by atoms with Gasteiger partial charge in [0, 0.05) is 17.7 Å². The molecule has 1 aliphatic carbocycles. The van der Waals surface area contributed by atoms with Crippen molar-refractivity contribution in [2.45, 2.75) is 43.6 Å². The summed E-state index contributed by atoms with van der Waals surface area (Å²) in [7, 11) is 2.26. The molecule has 3 rings (SSSR count). The topological polar surface area (TPSA) is 54.5 Å². The fourth-order valence-electron chi connectivity index (χ4n) is 4.00. The van der Waals surface area contributed by atoms with E-state index in [-0.39, 0.29) is 0 Å². The van der Waals surface area contributed by atoms with Crippen molar-refractivity contribution in [3.63, 3.8) is 0 Å². The summed E-state index contributed by atoms with van der Waals surface area (Å²) in [6.07, 6.45) is 9.89. The molecule has 0 amide bonds. The molecule has 19 heavy (non-hydrogen) atoms. The average molecular weight is 258 g/mol. The SMILES string of the molecule is CN1CC[C@@]2(c3ccc(N=CN)nc3)CCCC[C@@H]12. The second-order valence-electron chi connectivity index (χ2n) is 5.83. The fraction of sp³-hybridized carbons (Fsp3) is 0.600. The van der Waals surface area contributed by atoms with Crippen molar-refractivity contribution in [1.82, 2.24) is 9.88 Å². The first-order valence-corrected chi connectivity index (χ1v) is 7.17. The molecular formula is C15H22N4. The van der Waals surface area contributed by atoms with Gasteiger partial charge in [-0.25, -0.2) is 9.98 Å². The molecule has 2 N–H and O–H groups in total. The zero-order valence-corrected chi connectivity index (χ0v) is 11.5. The Morgan fingerprint density at radius 3 is 3.05 bits per heavy atom. The third-order valence-electron chi connectivity index (χ3n) is 4.96. The second kappa shape index (κ2) is 4.93. The van der Waals surface area contributed by atoms with Crippen molar-refractivity contribution in [2.75, 3.05) is 13.6 Å². The van der Waals surface area contributed by atoms with Crippen LogP contribution in [0.1, 0.15) is 37.7 Å². The predicted octanol–water partition coefficient (Wildman–Crippen LogP) is 2.22. The summed E-state index contributed by atoms with van der Waals surface area (Å²) in [6, 6.07) is 4.87. The molecule has 2 aliphatic rings. The molecule has 0 aromatic carbocycles. The average Bonchev–Trinajstić information content (AvgIpc) is 2.79. The van der Waals surface area contributed by atoms with Crippen molar-refractivity contribution < 1.29 is 0 Å². The highest BCUT2D eigenvalue weighted by Crippen LogP contribution is 2.48. The summed E-state index contributed by atoms with van der Waals surface area (Å²) < 4.78 is 0. The van der Waals surface area contributed by atoms with Gasteiger partial charge in [0.2, 0.25) is 0 Å². The number of likely N-dealkylation sites (N-methyl/N-ethyl adjacent to an activating group) is 1. The molecule has 1 saturated heterocycles. The predicted molar refractivity (Wildman–Crippen MR) is 77.8 cm³/mol. The summed E-state index contributed by atoms with van der Waals surface area (Å²) in [4.78, 5) is 11.0. The first-order valence-electron chi connectivity index (χ1n) is 7.17. The maximum Gasteiger partial charge on any atom is 0.153 e. The van der Waals surface area contributed by atoms with E-state index in [1.165, 1.54) is 50.6 Å². The quantitative estimate of drug-likeness (QED) is 0.653. The van der Waals surface area contributed by atoms with Crippen LogP contribution in [0, 0.1) is 0 Å². The molecule has 2 heterocycles. The van der Waals surface area contributed by atoms with Crippen LogP contribution in [0.4, 0.5) is 5.82 Å². The normalized spacial score (nSPS) is 31.7. The van der Waals surface area contributed by atoms with Crippen LogP contribution in [0.3, 0.4) is 0 Å². The van der Waals surface area contributed by atoms with Crippen molar-refractivity contribution in [3.05, 3.63) is 23.9 Å². The van der Waals surface area contributed by atoms with Gasteiger partial charge < -0.3 is 10.6 Å². The minimum absolute atomic E-state index is 0.324. The monoisotopic (exact) mass is 258 g/mol. The number of rotatable bonds is 2. The van der Waals surface area contributed by atoms with Gasteiger partial charge in [0.15, 0.2) is 5.82 Å². The summed E-state index contributed by atoms with van der Waals surface area (Å²) >= 11 is 0. The number of nitrogens with two attached hydrogens (primary N) is 1. The van der Waals surface area contributed by atoms with E-state index in [1.54, 1.807) is 0 Å². The van der Waals surface area contributed by atoms with Crippen LogP contribution in [0.25, 0.3) is 0 Å². The van der Waals surface area contributed by atoms with E-state index < -0.39 is 0 Å². The van der Waals surface area contributed by atoms with Crippen LogP contribution in [-0.2, 0) is 5.41 Å². The summed E-state index contributed by atoms with van der Waals surface area (Å²) in [5.41, 5.74) is 7.02. The lowest BCUT2D eigenvalue weighted by Crippen LogP contribution is -2.43. The molecule has 102 valence electrons. The number of likely N-dealkylation sites (tertiary alicyclic amines) is 1. The maximum atomic E-state index is 5.31. The third kappa shape index (κ3) is 2.04. The Labute approximate surface area is 114 Å². The van der Waals surface area contributed by atoms with Gasteiger partial charge in [-0.2, -0.15) is 0 Å². The van der Waals surface area contributed by atoms with E-state index in [0.717, 1.165) is 0 Å². The first-order chi connectivity index (χ1) is 9.26. The van der Waals surface area contributed by atoms with Gasteiger partial charge in [-0.3, -0.25) is 0 Å². The molecule has 2 atom stereocenters. The highest BCUT2D eigenvalue weighted by atomic mass is 15.2. The zero-order chi connectivity index (χ0) is 13.3. The Balaban J connectivity index is 1.94. The first kappa shape index (κ1) is 12.6. The van der Waals surface area contributed by atoms with Crippen LogP contribution in [0.5, 0.6) is 0 Å². The lowest BCUT2D eigenvalue weighted by atomic mass is 9.66. The highest BCUT2D eigenvalue weighted by molar-refractivity contribution is 5.57. The van der Waals surface area contributed by atoms with E-state index in [1.807, 2.05) is 12.3 Å². The van der Waals surface area contributed by atoms with E-state index in [4.69, 9.17) is 5.73 Å². The van der Waals surface area contributed by atoms with Gasteiger partial charge in [0.25, 0.3) is 0 Å². The van der Waals surface area contributed by atoms with Crippen LogP contribution < -0.4 is 5.73 Å². The number of aromatic nitrogens is 1. The second-order valence-corrected chi connectivity index (χ2v) is 5.83. The fourth-order valence-corrected chi connectivity index (χ4v) is 4.00. The molecular weight excluding hydrogens is 236 g/mol. The molecule has 1 aromatic heterocycles. The number of pyridine rings is 1. The Morgan fingerprint density at radius 1 is 1.42 bits per heavy atom. The molecule has 0 spiro atoms. The molecule has 4 heteroatoms. The lowest BCUT2D eigenvalue weighted by Gasteiger charge is -2.41. The van der Waals surface area contributed by atoms with Gasteiger partial charge in [-0.15, -0.1) is 0 Å². The molecule has 1 aliphatic heterocycles. The van der Waals surface area contributed by atoms with Crippen LogP contribution in [0.2, 0.25) is 0 Å². The van der Waals surface area contributed by atoms with E-state index >= 15 is 0 Å². The number of aliphatic imine (C=N–C) groups is 1. The minimum atomic E-state index is 0.324. The van der Waals surface area contributed by atoms with Crippen LogP contribution in [0.15, 0.2) is 23.3 Å². The van der Waals surface area contributed by atoms with Crippen molar-refractivity contribution in [3.8, 4) is 0 Å². The molecule has 0 bridgehead atoms. The van der Waals surface area contributed by atoms with Gasteiger partial charge in [-0.05, 0) is 44.5 Å². The zero-order valence-electron chi connectivity index (χ0n) is 11.5. The summed E-state index contributed by atoms with van der Waals surface area (Å²) in [6.45, 7) is 1.20. The molecule has 2 fully saturated rings. The Kier molecular flexibility index (Phi) is 3.27. The minimum Gasteiger partial charge on any atom is -0.390 e. The van der Waals surface area contributed by atoms with Crippen molar-refractivity contribution in [2.24, 2.45) is 10.7 Å². The maximum absolute atomic E-state index is 5.31. The Morgan fingerprint density at radius 2 is 2.32 bits per heavy atom. The molecule has 0 unspecified atom stereocenters. The molecule has 1 saturated carbocycles. The number of fused-ring (bicyclic) bond motifs is 1. The smallest absolute Gasteiger partial charge is 0.153 e. The summed E-state index contributed by atoms with van der Waals surface area (Å²) in [5, 5.41) is 0. The van der Waals surface area contributed by atoms with Gasteiger partial charge >= 0.3 is 0 Å². The van der Waals surface area contributed by atoms with Crippen molar-refractivity contribution >= 4 is 12.2 Å². The number of hydrogen-bond acceptors (Lipinski definition) is 3. The van der Waals surface area contributed by atoms with Crippen molar-refractivity contribution in [1.29, 1.82) is 0 Å². The summed E-state index contributed by atoms with van der Waals surface area (Å²) in [5.74, 6) is 0.696. The van der Waals surface area contributed by atoms with E-state index in [9.17, 15) is 0 Å².